The number of hydrogen-bond donors (Lipinski definition) is 1. The zero-order valence-electron chi connectivity index (χ0n) is 10.9. The molecule has 0 atom stereocenters. The van der Waals surface area contributed by atoms with Crippen LogP contribution in [-0.4, -0.2) is 31.1 Å². The van der Waals surface area contributed by atoms with Crippen molar-refractivity contribution < 1.29 is 17.1 Å². The van der Waals surface area contributed by atoms with Crippen LogP contribution < -0.4 is 5.73 Å². The Bertz CT molecular complexity index is 157. The second kappa shape index (κ2) is 147. The summed E-state index contributed by atoms with van der Waals surface area (Å²) in [5.74, 6) is 0. The summed E-state index contributed by atoms with van der Waals surface area (Å²) in [4.78, 5) is 2.31. The van der Waals surface area contributed by atoms with Gasteiger partial charge in [-0.2, -0.15) is 0 Å². The van der Waals surface area contributed by atoms with Crippen molar-refractivity contribution in [2.45, 2.75) is 13.8 Å². The average Bonchev–Trinajstić information content (AvgIpc) is 2.54. The Morgan fingerprint density at radius 1 is 0.737 bits per heavy atom. The molecule has 0 heterocycles. The van der Waals surface area contributed by atoms with Crippen LogP contribution in [0.3, 0.4) is 0 Å². The van der Waals surface area contributed by atoms with Crippen molar-refractivity contribution in [3.8, 4) is 0 Å². The van der Waals surface area contributed by atoms with Crippen molar-refractivity contribution in [1.29, 1.82) is 26.3 Å². The maximum Gasteiger partial charge on any atom is 5.00 e. The Kier molecular flexibility index (Phi) is 338. The molecule has 1 radical (unpaired) electrons. The van der Waals surface area contributed by atoms with E-state index in [0.29, 0.717) is 0 Å². The zero-order chi connectivity index (χ0) is 16.4. The van der Waals surface area contributed by atoms with Gasteiger partial charge < -0.3 is 69.8 Å². The second-order valence-electron chi connectivity index (χ2n) is 1.82. The van der Waals surface area contributed by atoms with E-state index in [1.807, 2.05) is 0 Å². The van der Waals surface area contributed by atoms with Crippen LogP contribution in [0.15, 0.2) is 0 Å². The van der Waals surface area contributed by atoms with Gasteiger partial charge in [-0.3, -0.25) is 0 Å². The van der Waals surface area contributed by atoms with Gasteiger partial charge in [-0.25, -0.2) is 0 Å². The van der Waals surface area contributed by atoms with Crippen LogP contribution in [0.1, 0.15) is 13.8 Å². The summed E-state index contributed by atoms with van der Waals surface area (Å²) in [5, 5.41) is 31.2. The minimum absolute atomic E-state index is 0. The normalized spacial score (nSPS) is 4.95. The minimum atomic E-state index is 0. The van der Waals surface area contributed by atoms with Crippen LogP contribution in [-0.2, 0) is 17.1 Å². The standard InChI is InChI=1S/C6H16N2.5CN.Fe/c1-3-8(4-2)6-5-7;5*1-2;/h3-7H2,1-2H3;;;;;;/q;5*-1;+5. The first-order valence-electron chi connectivity index (χ1n) is 4.39. The molecule has 0 bridgehead atoms. The second-order valence-corrected chi connectivity index (χ2v) is 1.82. The molecule has 0 amide bonds. The number of nitrogens with two attached hydrogens (primary N) is 1. The number of nitrogens with zero attached hydrogens (tertiary/aromatic N) is 6. The third-order valence-corrected chi connectivity index (χ3v) is 1.34. The summed E-state index contributed by atoms with van der Waals surface area (Å²) in [6, 6.07) is 0. The van der Waals surface area contributed by atoms with E-state index in [1.165, 1.54) is 0 Å². The summed E-state index contributed by atoms with van der Waals surface area (Å²) in [7, 11) is 0. The third kappa shape index (κ3) is 128. The Balaban J connectivity index is -0.0000000223. The average molecular weight is 302 g/mol. The van der Waals surface area contributed by atoms with Gasteiger partial charge in [0.1, 0.15) is 0 Å². The van der Waals surface area contributed by atoms with Crippen molar-refractivity contribution in [1.82, 2.24) is 4.90 Å². The molecule has 103 valence electrons. The summed E-state index contributed by atoms with van der Waals surface area (Å²) in [6.07, 6.45) is 0. The minimum Gasteiger partial charge on any atom is -0.512 e. The van der Waals surface area contributed by atoms with Gasteiger partial charge in [0.15, 0.2) is 0 Å². The van der Waals surface area contributed by atoms with Gasteiger partial charge >= 0.3 is 17.1 Å². The van der Waals surface area contributed by atoms with Crippen LogP contribution >= 0.6 is 0 Å². The predicted octanol–water partition coefficient (Wildman–Crippen LogP) is 0.766. The van der Waals surface area contributed by atoms with Crippen molar-refractivity contribution in [2.24, 2.45) is 5.73 Å². The van der Waals surface area contributed by atoms with E-state index in [2.05, 4.69) is 18.7 Å². The summed E-state index contributed by atoms with van der Waals surface area (Å²) >= 11 is 0. The molecule has 8 heteroatoms. The fraction of sp³-hybridized carbons (Fsp3) is 0.545. The molecule has 0 saturated carbocycles. The molecule has 19 heavy (non-hydrogen) atoms. The van der Waals surface area contributed by atoms with E-state index in [1.54, 1.807) is 0 Å². The smallest absolute Gasteiger partial charge is 0.512 e. The molecule has 0 aromatic rings. The van der Waals surface area contributed by atoms with Crippen LogP contribution in [0.2, 0.25) is 0 Å². The van der Waals surface area contributed by atoms with E-state index < -0.39 is 0 Å². The van der Waals surface area contributed by atoms with Gasteiger partial charge in [0.2, 0.25) is 0 Å². The maximum absolute atomic E-state index is 6.25. The Morgan fingerprint density at radius 2 is 0.947 bits per heavy atom. The Morgan fingerprint density at radius 3 is 1.00 bits per heavy atom. The van der Waals surface area contributed by atoms with Crippen molar-refractivity contribution >= 4 is 0 Å². The molecule has 0 aliphatic rings. The molecule has 0 aromatic carbocycles. The first-order valence-corrected chi connectivity index (χ1v) is 4.39. The van der Waals surface area contributed by atoms with Gasteiger partial charge in [0, 0.05) is 13.1 Å². The topological polar surface area (TPSA) is 148 Å². The molecule has 0 rings (SSSR count). The monoisotopic (exact) mass is 302 g/mol. The van der Waals surface area contributed by atoms with Gasteiger partial charge in [-0.05, 0) is 13.1 Å². The molecule has 0 unspecified atom stereocenters. The molecule has 0 fully saturated rings. The maximum atomic E-state index is 6.25. The van der Waals surface area contributed by atoms with Crippen molar-refractivity contribution in [2.75, 3.05) is 26.2 Å². The van der Waals surface area contributed by atoms with Crippen molar-refractivity contribution in [3.63, 3.8) is 0 Å². The van der Waals surface area contributed by atoms with Crippen LogP contribution in [0.25, 0.3) is 0 Å². The first-order chi connectivity index (χ1) is 8.85. The first kappa shape index (κ1) is 43.6. The largest absolute Gasteiger partial charge is 5.00 e. The van der Waals surface area contributed by atoms with Gasteiger partial charge in [-0.1, -0.05) is 13.8 Å². The fourth-order valence-electron chi connectivity index (χ4n) is 0.722. The quantitative estimate of drug-likeness (QED) is 0.595. The molecular weight excluding hydrogens is 286 g/mol. The van der Waals surface area contributed by atoms with Gasteiger partial charge in [-0.15, -0.1) is 0 Å². The van der Waals surface area contributed by atoms with Crippen molar-refractivity contribution in [3.05, 3.63) is 32.9 Å². The third-order valence-electron chi connectivity index (χ3n) is 1.34. The van der Waals surface area contributed by atoms with E-state index in [9.17, 15) is 0 Å². The fourth-order valence-corrected chi connectivity index (χ4v) is 0.722. The molecule has 0 aliphatic heterocycles. The molecule has 0 spiro atoms. The van der Waals surface area contributed by atoms with Crippen LogP contribution in [0.4, 0.5) is 0 Å². The molecule has 0 saturated heterocycles. The SMILES string of the molecule is CCN(CC)CCN.[C-]#N.[C-]#N.[C-]#N.[C-]#N.[C-]#N.[Fe+5]. The van der Waals surface area contributed by atoms with Gasteiger partial charge in [0.05, 0.1) is 0 Å². The number of hydrogen-bond acceptors (Lipinski definition) is 7. The van der Waals surface area contributed by atoms with Crippen LogP contribution in [0, 0.1) is 59.2 Å². The molecule has 0 aromatic heterocycles. The van der Waals surface area contributed by atoms with E-state index in [-0.39, 0.29) is 17.1 Å². The summed E-state index contributed by atoms with van der Waals surface area (Å²) in [5.41, 5.74) is 5.34. The van der Waals surface area contributed by atoms with E-state index in [4.69, 9.17) is 64.9 Å². The molecule has 7 nitrogen and oxygen atoms in total. The number of rotatable bonds is 4. The van der Waals surface area contributed by atoms with E-state index in [0.717, 1.165) is 26.2 Å². The number of likely N-dealkylation sites (N-methyl/N-ethyl adjacent to an activating group) is 1. The summed E-state index contributed by atoms with van der Waals surface area (Å²) in [6.45, 7) is 32.1. The molecule has 0 aliphatic carbocycles. The zero-order valence-corrected chi connectivity index (χ0v) is 12.0. The van der Waals surface area contributed by atoms with Gasteiger partial charge in [0.25, 0.3) is 0 Å². The van der Waals surface area contributed by atoms with E-state index >= 15 is 0 Å². The van der Waals surface area contributed by atoms with Crippen LogP contribution in [0.5, 0.6) is 0 Å². The summed E-state index contributed by atoms with van der Waals surface area (Å²) < 4.78 is 0. The predicted molar refractivity (Wildman–Crippen MR) is 61.7 cm³/mol. The molecular formula is C11H16FeN7. The Hall–Kier alpha value is -2.11. The molecule has 2 N–H and O–H groups in total. The Labute approximate surface area is 127 Å².